The van der Waals surface area contributed by atoms with Gasteiger partial charge in [0.2, 0.25) is 0 Å². The second kappa shape index (κ2) is 5.08. The molecule has 0 spiro atoms. The Morgan fingerprint density at radius 3 is 2.28 bits per heavy atom. The summed E-state index contributed by atoms with van der Waals surface area (Å²) < 4.78 is 0. The molecule has 0 fully saturated rings. The molecule has 18 heavy (non-hydrogen) atoms. The van der Waals surface area contributed by atoms with E-state index in [0.717, 1.165) is 0 Å². The molecule has 0 unspecified atom stereocenters. The fraction of sp³-hybridized carbons (Fsp3) is 0.286. The smallest absolute Gasteiger partial charge is 0.200 e. The van der Waals surface area contributed by atoms with Gasteiger partial charge in [-0.3, -0.25) is 9.59 Å². The monoisotopic (exact) mass is 262 g/mol. The Kier molecular flexibility index (Phi) is 3.68. The molecule has 0 amide bonds. The van der Waals surface area contributed by atoms with Crippen molar-refractivity contribution in [1.82, 2.24) is 0 Å². The minimum Gasteiger partial charge on any atom is -0.393 e. The Balaban J connectivity index is 2.40. The molecule has 1 aromatic rings. The molecule has 2 rings (SSSR count). The summed E-state index contributed by atoms with van der Waals surface area (Å²) in [4.78, 5) is 24.9. The maximum Gasteiger partial charge on any atom is 0.200 e. The first kappa shape index (κ1) is 13.1. The highest BCUT2D eigenvalue weighted by atomic mass is 32.2. The van der Waals surface area contributed by atoms with Gasteiger partial charge in [0, 0.05) is 22.5 Å². The van der Waals surface area contributed by atoms with Crippen LogP contribution in [-0.2, 0) is 0 Å². The molecule has 0 saturated heterocycles. The summed E-state index contributed by atoms with van der Waals surface area (Å²) in [5.41, 5.74) is 1.41. The number of hydrogen-bond acceptors (Lipinski definition) is 4. The van der Waals surface area contributed by atoms with E-state index < -0.39 is 6.10 Å². The second-order valence-electron chi connectivity index (χ2n) is 4.32. The quantitative estimate of drug-likeness (QED) is 0.909. The fourth-order valence-electron chi connectivity index (χ4n) is 1.85. The summed E-state index contributed by atoms with van der Waals surface area (Å²) in [6, 6.07) is 6.85. The van der Waals surface area contributed by atoms with Crippen molar-refractivity contribution in [2.45, 2.75) is 20.0 Å². The van der Waals surface area contributed by atoms with Crippen molar-refractivity contribution in [2.24, 2.45) is 0 Å². The molecule has 1 aliphatic carbocycles. The Morgan fingerprint density at radius 1 is 1.17 bits per heavy atom. The van der Waals surface area contributed by atoms with E-state index in [9.17, 15) is 14.7 Å². The molecule has 1 N–H and O–H groups in total. The van der Waals surface area contributed by atoms with Crippen molar-refractivity contribution in [2.75, 3.05) is 5.75 Å². The van der Waals surface area contributed by atoms with Crippen molar-refractivity contribution in [3.05, 3.63) is 45.9 Å². The number of fused-ring (bicyclic) bond motifs is 1. The summed E-state index contributed by atoms with van der Waals surface area (Å²) >= 11 is 1.25. The Labute approximate surface area is 110 Å². The lowest BCUT2D eigenvalue weighted by molar-refractivity contribution is 0.0981. The lowest BCUT2D eigenvalue weighted by atomic mass is 9.90. The third-order valence-corrected chi connectivity index (χ3v) is 4.20. The molecule has 4 heteroatoms. The zero-order valence-corrected chi connectivity index (χ0v) is 11.1. The first-order valence-corrected chi connectivity index (χ1v) is 6.71. The standard InChI is InChI=1S/C14H14O3S/c1-8(15)7-18-14-9(2)12(16)10-5-3-4-6-11(10)13(14)17/h3-6,8,15H,7H2,1-2H3/t8-/m1/s1. The minimum atomic E-state index is -0.504. The number of aliphatic hydroxyl groups is 1. The molecule has 0 aromatic heterocycles. The molecule has 1 atom stereocenters. The van der Waals surface area contributed by atoms with Crippen molar-refractivity contribution in [3.8, 4) is 0 Å². The molecular formula is C14H14O3S. The average Bonchev–Trinajstić information content (AvgIpc) is 2.36. The minimum absolute atomic E-state index is 0.0988. The summed E-state index contributed by atoms with van der Waals surface area (Å²) in [7, 11) is 0. The predicted molar refractivity (Wildman–Crippen MR) is 71.9 cm³/mol. The first-order valence-electron chi connectivity index (χ1n) is 5.72. The number of thioether (sulfide) groups is 1. The van der Waals surface area contributed by atoms with Crippen molar-refractivity contribution in [3.63, 3.8) is 0 Å². The van der Waals surface area contributed by atoms with Crippen LogP contribution in [0.15, 0.2) is 34.7 Å². The third kappa shape index (κ3) is 2.26. The van der Waals surface area contributed by atoms with Crippen LogP contribution >= 0.6 is 11.8 Å². The van der Waals surface area contributed by atoms with Gasteiger partial charge in [-0.2, -0.15) is 0 Å². The van der Waals surface area contributed by atoms with Gasteiger partial charge in [-0.05, 0) is 13.8 Å². The van der Waals surface area contributed by atoms with Crippen LogP contribution in [-0.4, -0.2) is 28.5 Å². The average molecular weight is 262 g/mol. The van der Waals surface area contributed by atoms with E-state index >= 15 is 0 Å². The molecule has 0 heterocycles. The van der Waals surface area contributed by atoms with Crippen molar-refractivity contribution >= 4 is 23.3 Å². The van der Waals surface area contributed by atoms with E-state index in [-0.39, 0.29) is 11.6 Å². The molecule has 1 aromatic carbocycles. The molecule has 0 aliphatic heterocycles. The van der Waals surface area contributed by atoms with Gasteiger partial charge in [-0.1, -0.05) is 24.3 Å². The van der Waals surface area contributed by atoms with Gasteiger partial charge in [0.1, 0.15) is 0 Å². The number of carbonyl (C=O) groups excluding carboxylic acids is 2. The SMILES string of the molecule is CC1=C(SC[C@@H](C)O)C(=O)c2ccccc2C1=O. The number of rotatable bonds is 3. The predicted octanol–water partition coefficient (Wildman–Crippen LogP) is 2.45. The number of carbonyl (C=O) groups is 2. The number of ketones is 2. The molecule has 3 nitrogen and oxygen atoms in total. The van der Waals surface area contributed by atoms with Gasteiger partial charge >= 0.3 is 0 Å². The number of Topliss-reactive ketones (excluding diaryl/α,β-unsaturated/α-hetero) is 2. The van der Waals surface area contributed by atoms with Crippen LogP contribution in [0.5, 0.6) is 0 Å². The van der Waals surface area contributed by atoms with E-state index in [1.165, 1.54) is 11.8 Å². The van der Waals surface area contributed by atoms with Gasteiger partial charge in [0.05, 0.1) is 11.0 Å². The normalized spacial score (nSPS) is 16.8. The Morgan fingerprint density at radius 2 is 1.72 bits per heavy atom. The lowest BCUT2D eigenvalue weighted by Crippen LogP contribution is -2.20. The summed E-state index contributed by atoms with van der Waals surface area (Å²) in [5, 5.41) is 9.28. The highest BCUT2D eigenvalue weighted by molar-refractivity contribution is 8.04. The highest BCUT2D eigenvalue weighted by Crippen LogP contribution is 2.32. The molecule has 94 valence electrons. The van der Waals surface area contributed by atoms with E-state index in [0.29, 0.717) is 27.4 Å². The molecule has 1 aliphatic rings. The zero-order valence-electron chi connectivity index (χ0n) is 10.3. The fourth-order valence-corrected chi connectivity index (χ4v) is 2.81. The largest absolute Gasteiger partial charge is 0.393 e. The van der Waals surface area contributed by atoms with E-state index in [2.05, 4.69) is 0 Å². The van der Waals surface area contributed by atoms with Crippen LogP contribution in [0.4, 0.5) is 0 Å². The van der Waals surface area contributed by atoms with Gasteiger partial charge in [0.25, 0.3) is 0 Å². The van der Waals surface area contributed by atoms with E-state index in [1.54, 1.807) is 38.1 Å². The van der Waals surface area contributed by atoms with E-state index in [4.69, 9.17) is 0 Å². The second-order valence-corrected chi connectivity index (χ2v) is 5.35. The first-order chi connectivity index (χ1) is 8.52. The van der Waals surface area contributed by atoms with Crippen LogP contribution in [0.2, 0.25) is 0 Å². The number of benzene rings is 1. The molecule has 0 saturated carbocycles. The Hall–Kier alpha value is -1.39. The summed E-state index contributed by atoms with van der Waals surface area (Å²) in [5.74, 6) is 0.195. The number of hydrogen-bond donors (Lipinski definition) is 1. The maximum atomic E-state index is 12.3. The third-order valence-electron chi connectivity index (χ3n) is 2.77. The number of allylic oxidation sites excluding steroid dienone is 2. The van der Waals surface area contributed by atoms with Gasteiger partial charge < -0.3 is 5.11 Å². The van der Waals surface area contributed by atoms with Gasteiger partial charge in [-0.15, -0.1) is 11.8 Å². The number of aliphatic hydroxyl groups excluding tert-OH is 1. The summed E-state index contributed by atoms with van der Waals surface area (Å²) in [6.45, 7) is 3.33. The van der Waals surface area contributed by atoms with Gasteiger partial charge in [0.15, 0.2) is 11.6 Å². The van der Waals surface area contributed by atoms with Crippen LogP contribution in [0, 0.1) is 0 Å². The van der Waals surface area contributed by atoms with E-state index in [1.807, 2.05) is 0 Å². The highest BCUT2D eigenvalue weighted by Gasteiger charge is 2.29. The van der Waals surface area contributed by atoms with Crippen molar-refractivity contribution < 1.29 is 14.7 Å². The van der Waals surface area contributed by atoms with Crippen LogP contribution < -0.4 is 0 Å². The van der Waals surface area contributed by atoms with Crippen LogP contribution in [0.25, 0.3) is 0 Å². The van der Waals surface area contributed by atoms with Gasteiger partial charge in [-0.25, -0.2) is 0 Å². The molecule has 0 bridgehead atoms. The van der Waals surface area contributed by atoms with Crippen LogP contribution in [0.1, 0.15) is 34.6 Å². The topological polar surface area (TPSA) is 54.4 Å². The molecular weight excluding hydrogens is 248 g/mol. The Bertz CT molecular complexity index is 544. The molecule has 0 radical (unpaired) electrons. The van der Waals surface area contributed by atoms with Crippen LogP contribution in [0.3, 0.4) is 0 Å². The zero-order chi connectivity index (χ0) is 13.3. The lowest BCUT2D eigenvalue weighted by Gasteiger charge is -2.18. The van der Waals surface area contributed by atoms with Crippen molar-refractivity contribution in [1.29, 1.82) is 0 Å². The summed E-state index contributed by atoms with van der Waals surface area (Å²) in [6.07, 6.45) is -0.504. The maximum absolute atomic E-state index is 12.3.